The summed E-state index contributed by atoms with van der Waals surface area (Å²) in [5.41, 5.74) is 0.844. The van der Waals surface area contributed by atoms with Crippen molar-refractivity contribution in [3.05, 3.63) is 17.5 Å². The van der Waals surface area contributed by atoms with E-state index in [4.69, 9.17) is 4.74 Å². The highest BCUT2D eigenvalue weighted by molar-refractivity contribution is 5.98. The number of amides is 2. The fraction of sp³-hybridized carbons (Fsp3) is 0.688. The maximum atomic E-state index is 12.9. The van der Waals surface area contributed by atoms with E-state index < -0.39 is 0 Å². The van der Waals surface area contributed by atoms with Crippen LogP contribution in [0.3, 0.4) is 0 Å². The van der Waals surface area contributed by atoms with E-state index in [1.165, 1.54) is 0 Å². The molecule has 0 bridgehead atoms. The van der Waals surface area contributed by atoms with Crippen LogP contribution in [0.4, 0.5) is 0 Å². The van der Waals surface area contributed by atoms with Crippen molar-refractivity contribution in [3.63, 3.8) is 0 Å². The second-order valence-corrected chi connectivity index (χ2v) is 6.88. The average Bonchev–Trinajstić information content (AvgIpc) is 3.03. The Balaban J connectivity index is 1.55. The van der Waals surface area contributed by atoms with Crippen LogP contribution in [0.15, 0.2) is 6.07 Å². The second kappa shape index (κ2) is 5.86. The Morgan fingerprint density at radius 1 is 1.29 bits per heavy atom. The third-order valence-corrected chi connectivity index (χ3v) is 5.55. The van der Waals surface area contributed by atoms with Gasteiger partial charge in [-0.25, -0.2) is 0 Å². The lowest BCUT2D eigenvalue weighted by Crippen LogP contribution is -2.63. The molecule has 2 amide bonds. The maximum Gasteiger partial charge on any atom is 0.274 e. The van der Waals surface area contributed by atoms with Gasteiger partial charge in [0.15, 0.2) is 5.69 Å². The second-order valence-electron chi connectivity index (χ2n) is 6.88. The lowest BCUT2D eigenvalue weighted by atomic mass is 9.86. The van der Waals surface area contributed by atoms with Crippen LogP contribution in [-0.2, 0) is 11.3 Å². The Morgan fingerprint density at radius 3 is 2.83 bits per heavy atom. The number of aromatic nitrogens is 2. The molecular formula is C16H23N5O3. The van der Waals surface area contributed by atoms with Gasteiger partial charge in [-0.3, -0.25) is 19.2 Å². The smallest absolute Gasteiger partial charge is 0.274 e. The molecule has 4 heterocycles. The third-order valence-electron chi connectivity index (χ3n) is 5.55. The summed E-state index contributed by atoms with van der Waals surface area (Å²) in [5.74, 6) is -0.240. The van der Waals surface area contributed by atoms with Crippen molar-refractivity contribution in [2.75, 3.05) is 46.4 Å². The first-order chi connectivity index (χ1) is 11.6. The summed E-state index contributed by atoms with van der Waals surface area (Å²) in [6.45, 7) is 4.87. The number of nitrogens with zero attached hydrogens (tertiary/aromatic N) is 4. The summed E-state index contributed by atoms with van der Waals surface area (Å²) in [6, 6.07) is 1.62. The Morgan fingerprint density at radius 2 is 2.08 bits per heavy atom. The summed E-state index contributed by atoms with van der Waals surface area (Å²) >= 11 is 0. The number of hydrogen-bond donors (Lipinski definition) is 1. The van der Waals surface area contributed by atoms with Gasteiger partial charge < -0.3 is 15.0 Å². The van der Waals surface area contributed by atoms with Crippen LogP contribution in [0.1, 0.15) is 33.8 Å². The van der Waals surface area contributed by atoms with Crippen molar-refractivity contribution in [3.8, 4) is 0 Å². The molecule has 0 unspecified atom stereocenters. The Hall–Kier alpha value is -1.93. The standard InChI is InChI=1S/C16H23N5O3/c1-19-6-7-20(11-16(19)2-8-24-9-3-16)15(23)12-10-13-14(22)17-4-5-21(13)18-12/h10H,2-9,11H2,1H3,(H,17,22). The lowest BCUT2D eigenvalue weighted by molar-refractivity contribution is -0.0544. The van der Waals surface area contributed by atoms with Crippen molar-refractivity contribution in [1.29, 1.82) is 0 Å². The zero-order valence-electron chi connectivity index (χ0n) is 14.0. The molecule has 4 rings (SSSR count). The van der Waals surface area contributed by atoms with Crippen LogP contribution >= 0.6 is 0 Å². The van der Waals surface area contributed by atoms with E-state index in [1.54, 1.807) is 10.7 Å². The predicted molar refractivity (Wildman–Crippen MR) is 85.9 cm³/mol. The van der Waals surface area contributed by atoms with E-state index in [-0.39, 0.29) is 17.4 Å². The van der Waals surface area contributed by atoms with Crippen LogP contribution in [0, 0.1) is 0 Å². The normalized spacial score (nSPS) is 23.9. The number of carbonyl (C=O) groups excluding carboxylic acids is 2. The van der Waals surface area contributed by atoms with E-state index in [1.807, 2.05) is 4.90 Å². The molecule has 2 fully saturated rings. The molecule has 1 aromatic heterocycles. The van der Waals surface area contributed by atoms with Gasteiger partial charge >= 0.3 is 0 Å². The van der Waals surface area contributed by atoms with Crippen LogP contribution in [-0.4, -0.2) is 83.4 Å². The molecule has 1 N–H and O–H groups in total. The zero-order chi connectivity index (χ0) is 16.7. The molecule has 0 aromatic carbocycles. The van der Waals surface area contributed by atoms with Crippen molar-refractivity contribution in [2.45, 2.75) is 24.9 Å². The van der Waals surface area contributed by atoms with E-state index in [0.717, 1.165) is 32.6 Å². The van der Waals surface area contributed by atoms with Gasteiger partial charge in [0, 0.05) is 51.0 Å². The Labute approximate surface area is 140 Å². The van der Waals surface area contributed by atoms with Crippen molar-refractivity contribution in [2.24, 2.45) is 0 Å². The minimum Gasteiger partial charge on any atom is -0.381 e. The van der Waals surface area contributed by atoms with Gasteiger partial charge in [0.2, 0.25) is 0 Å². The number of fused-ring (bicyclic) bond motifs is 1. The van der Waals surface area contributed by atoms with Gasteiger partial charge in [-0.05, 0) is 19.9 Å². The molecular weight excluding hydrogens is 310 g/mol. The number of hydrogen-bond acceptors (Lipinski definition) is 5. The van der Waals surface area contributed by atoms with Crippen LogP contribution in [0.5, 0.6) is 0 Å². The highest BCUT2D eigenvalue weighted by Crippen LogP contribution is 2.31. The monoisotopic (exact) mass is 333 g/mol. The topological polar surface area (TPSA) is 79.7 Å². The summed E-state index contributed by atoms with van der Waals surface area (Å²) < 4.78 is 7.13. The number of ether oxygens (including phenoxy) is 1. The van der Waals surface area contributed by atoms with E-state index >= 15 is 0 Å². The molecule has 3 aliphatic rings. The molecule has 24 heavy (non-hydrogen) atoms. The van der Waals surface area contributed by atoms with E-state index in [2.05, 4.69) is 22.4 Å². The van der Waals surface area contributed by atoms with Crippen LogP contribution in [0.25, 0.3) is 0 Å². The molecule has 1 spiro atoms. The third kappa shape index (κ3) is 2.50. The van der Waals surface area contributed by atoms with Crippen molar-refractivity contribution in [1.82, 2.24) is 24.9 Å². The molecule has 0 radical (unpaired) electrons. The zero-order valence-corrected chi connectivity index (χ0v) is 14.0. The number of piperazine rings is 1. The largest absolute Gasteiger partial charge is 0.381 e. The average molecular weight is 333 g/mol. The molecule has 2 saturated heterocycles. The van der Waals surface area contributed by atoms with Crippen LogP contribution < -0.4 is 5.32 Å². The van der Waals surface area contributed by atoms with Gasteiger partial charge in [0.1, 0.15) is 5.69 Å². The minimum atomic E-state index is -0.160. The first-order valence-electron chi connectivity index (χ1n) is 8.53. The summed E-state index contributed by atoms with van der Waals surface area (Å²) in [4.78, 5) is 29.0. The highest BCUT2D eigenvalue weighted by atomic mass is 16.5. The summed E-state index contributed by atoms with van der Waals surface area (Å²) in [7, 11) is 2.13. The first-order valence-corrected chi connectivity index (χ1v) is 8.53. The number of nitrogens with one attached hydrogen (secondary N) is 1. The predicted octanol–water partition coefficient (Wildman–Crippen LogP) is -0.437. The van der Waals surface area contributed by atoms with Gasteiger partial charge in [-0.2, -0.15) is 5.10 Å². The van der Waals surface area contributed by atoms with Gasteiger partial charge in [0.25, 0.3) is 11.8 Å². The first kappa shape index (κ1) is 15.6. The highest BCUT2D eigenvalue weighted by Gasteiger charge is 2.42. The van der Waals surface area contributed by atoms with E-state index in [9.17, 15) is 9.59 Å². The summed E-state index contributed by atoms with van der Waals surface area (Å²) in [5, 5.41) is 7.13. The number of likely N-dealkylation sites (N-methyl/N-ethyl adjacent to an activating group) is 1. The number of carbonyl (C=O) groups is 2. The summed E-state index contributed by atoms with van der Waals surface area (Å²) in [6.07, 6.45) is 1.88. The quantitative estimate of drug-likeness (QED) is 0.754. The molecule has 0 atom stereocenters. The van der Waals surface area contributed by atoms with Crippen molar-refractivity contribution < 1.29 is 14.3 Å². The lowest BCUT2D eigenvalue weighted by Gasteiger charge is -2.51. The fourth-order valence-corrected chi connectivity index (χ4v) is 3.93. The van der Waals surface area contributed by atoms with Crippen LogP contribution in [0.2, 0.25) is 0 Å². The Kier molecular flexibility index (Phi) is 3.80. The number of rotatable bonds is 1. The van der Waals surface area contributed by atoms with Gasteiger partial charge in [-0.1, -0.05) is 0 Å². The molecule has 8 heteroatoms. The van der Waals surface area contributed by atoms with Crippen molar-refractivity contribution >= 4 is 11.8 Å². The van der Waals surface area contributed by atoms with Gasteiger partial charge in [-0.15, -0.1) is 0 Å². The van der Waals surface area contributed by atoms with Gasteiger partial charge in [0.05, 0.1) is 6.54 Å². The van der Waals surface area contributed by atoms with E-state index in [0.29, 0.717) is 37.6 Å². The maximum absolute atomic E-state index is 12.9. The molecule has 0 aliphatic carbocycles. The molecule has 1 aromatic rings. The molecule has 130 valence electrons. The molecule has 0 saturated carbocycles. The Bertz CT molecular complexity index is 665. The molecule has 3 aliphatic heterocycles. The SMILES string of the molecule is CN1CCN(C(=O)c2cc3n(n2)CCNC3=O)CC12CCOCC2. The fourth-order valence-electron chi connectivity index (χ4n) is 3.93. The molecule has 8 nitrogen and oxygen atoms in total. The minimum absolute atomic E-state index is 0.00286.